The molecule has 6 heteroatoms. The van der Waals surface area contributed by atoms with Crippen molar-refractivity contribution in [2.24, 2.45) is 5.73 Å². The fraction of sp³-hybridized carbons (Fsp3) is 0.267. The smallest absolute Gasteiger partial charge is 0.193 e. The van der Waals surface area contributed by atoms with Crippen molar-refractivity contribution < 1.29 is 9.47 Å². The molecule has 0 unspecified atom stereocenters. The molecule has 3 aromatic rings. The Morgan fingerprint density at radius 3 is 2.95 bits per heavy atom. The maximum Gasteiger partial charge on any atom is 0.193 e. The van der Waals surface area contributed by atoms with Crippen molar-refractivity contribution >= 4 is 16.3 Å². The van der Waals surface area contributed by atoms with E-state index in [0.29, 0.717) is 18.1 Å². The second-order valence-corrected chi connectivity index (χ2v) is 5.69. The molecule has 5 nitrogen and oxygen atoms in total. The van der Waals surface area contributed by atoms with Crippen molar-refractivity contribution in [2.75, 3.05) is 7.11 Å². The summed E-state index contributed by atoms with van der Waals surface area (Å²) in [6, 6.07) is 5.71. The zero-order valence-corrected chi connectivity index (χ0v) is 12.8. The molecule has 0 radical (unpaired) electrons. The predicted octanol–water partition coefficient (Wildman–Crippen LogP) is 3.00. The molecule has 0 aliphatic heterocycles. The van der Waals surface area contributed by atoms with E-state index in [9.17, 15) is 0 Å². The molecule has 0 aliphatic carbocycles. The van der Waals surface area contributed by atoms with E-state index in [1.165, 1.54) is 0 Å². The Balaban J connectivity index is 1.76. The zero-order valence-electron chi connectivity index (χ0n) is 11.9. The number of nitrogens with zero attached hydrogens (tertiary/aromatic N) is 2. The molecule has 0 amide bonds. The fourth-order valence-electron chi connectivity index (χ4n) is 2.08. The highest BCUT2D eigenvalue weighted by molar-refractivity contribution is 7.15. The van der Waals surface area contributed by atoms with Crippen LogP contribution in [0.25, 0.3) is 4.96 Å². The summed E-state index contributed by atoms with van der Waals surface area (Å²) >= 11 is 1.60. The molecule has 0 saturated heterocycles. The number of benzene rings is 1. The average molecular weight is 303 g/mol. The van der Waals surface area contributed by atoms with Crippen molar-refractivity contribution in [3.63, 3.8) is 0 Å². The summed E-state index contributed by atoms with van der Waals surface area (Å²) in [4.78, 5) is 5.45. The van der Waals surface area contributed by atoms with Gasteiger partial charge >= 0.3 is 0 Å². The van der Waals surface area contributed by atoms with Gasteiger partial charge in [0.1, 0.15) is 6.61 Å². The van der Waals surface area contributed by atoms with E-state index in [2.05, 4.69) is 4.98 Å². The molecule has 0 fully saturated rings. The highest BCUT2D eigenvalue weighted by Gasteiger charge is 2.09. The van der Waals surface area contributed by atoms with Gasteiger partial charge in [-0.25, -0.2) is 4.98 Å². The van der Waals surface area contributed by atoms with Crippen LogP contribution in [0.15, 0.2) is 36.0 Å². The first-order chi connectivity index (χ1) is 10.2. The van der Waals surface area contributed by atoms with Crippen molar-refractivity contribution in [3.05, 3.63) is 47.2 Å². The zero-order chi connectivity index (χ0) is 14.8. The van der Waals surface area contributed by atoms with Gasteiger partial charge in [0.25, 0.3) is 0 Å². The van der Waals surface area contributed by atoms with Crippen LogP contribution in [0, 0.1) is 0 Å². The van der Waals surface area contributed by atoms with Gasteiger partial charge in [-0.15, -0.1) is 11.3 Å². The van der Waals surface area contributed by atoms with Gasteiger partial charge in [-0.05, 0) is 24.6 Å². The van der Waals surface area contributed by atoms with Gasteiger partial charge in [-0.1, -0.05) is 6.07 Å². The lowest BCUT2D eigenvalue weighted by Gasteiger charge is -2.13. The summed E-state index contributed by atoms with van der Waals surface area (Å²) in [6.07, 6.45) is 3.95. The molecule has 0 bridgehead atoms. The lowest BCUT2D eigenvalue weighted by molar-refractivity contribution is 0.281. The Hall–Kier alpha value is -2.05. The maximum absolute atomic E-state index is 5.88. The van der Waals surface area contributed by atoms with Crippen molar-refractivity contribution in [1.82, 2.24) is 9.38 Å². The number of thiazole rings is 1. The molecule has 0 spiro atoms. The monoisotopic (exact) mass is 303 g/mol. The van der Waals surface area contributed by atoms with Gasteiger partial charge in [0.05, 0.1) is 12.8 Å². The number of ether oxygens (including phenoxy) is 2. The van der Waals surface area contributed by atoms with Crippen LogP contribution in [-0.4, -0.2) is 16.5 Å². The predicted molar refractivity (Wildman–Crippen MR) is 83.0 cm³/mol. The molecule has 2 aromatic heterocycles. The summed E-state index contributed by atoms with van der Waals surface area (Å²) in [5.74, 6) is 1.38. The molecule has 1 atom stereocenters. The van der Waals surface area contributed by atoms with Crippen molar-refractivity contribution in [1.29, 1.82) is 0 Å². The van der Waals surface area contributed by atoms with E-state index in [0.717, 1.165) is 16.2 Å². The van der Waals surface area contributed by atoms with Crippen LogP contribution in [0.2, 0.25) is 0 Å². The number of imidazole rings is 1. The number of hydrogen-bond acceptors (Lipinski definition) is 5. The van der Waals surface area contributed by atoms with Gasteiger partial charge in [0, 0.05) is 23.8 Å². The van der Waals surface area contributed by atoms with Crippen LogP contribution in [-0.2, 0) is 6.61 Å². The lowest BCUT2D eigenvalue weighted by Crippen LogP contribution is -2.05. The number of fused-ring (bicyclic) bond motifs is 1. The lowest BCUT2D eigenvalue weighted by atomic mass is 10.1. The topological polar surface area (TPSA) is 61.8 Å². The van der Waals surface area contributed by atoms with Gasteiger partial charge in [-0.3, -0.25) is 4.40 Å². The quantitative estimate of drug-likeness (QED) is 0.787. The average Bonchev–Trinajstić information content (AvgIpc) is 3.05. The second-order valence-electron chi connectivity index (χ2n) is 4.81. The van der Waals surface area contributed by atoms with Gasteiger partial charge in [0.15, 0.2) is 16.5 Å². The minimum absolute atomic E-state index is 0.0344. The van der Waals surface area contributed by atoms with Crippen LogP contribution in [0.4, 0.5) is 0 Å². The molecule has 2 N–H and O–H groups in total. The van der Waals surface area contributed by atoms with Gasteiger partial charge in [0.2, 0.25) is 0 Å². The second kappa shape index (κ2) is 5.75. The number of methoxy groups -OCH3 is 1. The maximum atomic E-state index is 5.88. The minimum atomic E-state index is -0.0344. The van der Waals surface area contributed by atoms with Gasteiger partial charge < -0.3 is 15.2 Å². The minimum Gasteiger partial charge on any atom is -0.493 e. The van der Waals surface area contributed by atoms with E-state index in [4.69, 9.17) is 15.2 Å². The van der Waals surface area contributed by atoms with Crippen molar-refractivity contribution in [3.8, 4) is 11.5 Å². The highest BCUT2D eigenvalue weighted by Crippen LogP contribution is 2.30. The first-order valence-electron chi connectivity index (χ1n) is 6.65. The molecule has 3 rings (SSSR count). The Bertz CT molecular complexity index is 720. The SMILES string of the molecule is COc1cc([C@@H](C)N)ccc1OCc1cn2ccsc2n1. The Kier molecular flexibility index (Phi) is 3.81. The Morgan fingerprint density at radius 2 is 2.24 bits per heavy atom. The summed E-state index contributed by atoms with van der Waals surface area (Å²) < 4.78 is 13.2. The third-order valence-corrected chi connectivity index (χ3v) is 4.00. The van der Waals surface area contributed by atoms with Crippen LogP contribution in [0.1, 0.15) is 24.2 Å². The number of nitrogens with two attached hydrogens (primary N) is 1. The number of hydrogen-bond donors (Lipinski definition) is 1. The van der Waals surface area contributed by atoms with Crippen LogP contribution >= 0.6 is 11.3 Å². The third-order valence-electron chi connectivity index (χ3n) is 3.23. The van der Waals surface area contributed by atoms with Crippen LogP contribution in [0.3, 0.4) is 0 Å². The number of aromatic nitrogens is 2. The summed E-state index contributed by atoms with van der Waals surface area (Å²) in [5, 5.41) is 2.00. The van der Waals surface area contributed by atoms with Crippen molar-refractivity contribution in [2.45, 2.75) is 19.6 Å². The van der Waals surface area contributed by atoms with Crippen LogP contribution in [0.5, 0.6) is 11.5 Å². The molecule has 1 aromatic carbocycles. The molecule has 0 aliphatic rings. The Labute approximate surface area is 126 Å². The third kappa shape index (κ3) is 2.86. The van der Waals surface area contributed by atoms with E-state index < -0.39 is 0 Å². The molecule has 0 saturated carbocycles. The fourth-order valence-corrected chi connectivity index (χ4v) is 2.80. The number of rotatable bonds is 5. The molecule has 2 heterocycles. The largest absolute Gasteiger partial charge is 0.493 e. The standard InChI is InChI=1S/C15H17N3O2S/c1-10(16)11-3-4-13(14(7-11)19-2)20-9-12-8-18-5-6-21-15(18)17-12/h3-8,10H,9,16H2,1-2H3/t10-/m1/s1. The van der Waals surface area contributed by atoms with E-state index in [-0.39, 0.29) is 6.04 Å². The molecule has 21 heavy (non-hydrogen) atoms. The normalized spacial score (nSPS) is 12.5. The highest BCUT2D eigenvalue weighted by atomic mass is 32.1. The first kappa shape index (κ1) is 13.9. The summed E-state index contributed by atoms with van der Waals surface area (Å²) in [7, 11) is 1.62. The first-order valence-corrected chi connectivity index (χ1v) is 7.52. The van der Waals surface area contributed by atoms with E-state index in [1.807, 2.05) is 47.3 Å². The van der Waals surface area contributed by atoms with Gasteiger partial charge in [-0.2, -0.15) is 0 Å². The van der Waals surface area contributed by atoms with Crippen LogP contribution < -0.4 is 15.2 Å². The molecule has 110 valence electrons. The summed E-state index contributed by atoms with van der Waals surface area (Å²) in [6.45, 7) is 2.34. The Morgan fingerprint density at radius 1 is 1.38 bits per heavy atom. The summed E-state index contributed by atoms with van der Waals surface area (Å²) in [5.41, 5.74) is 7.78. The van der Waals surface area contributed by atoms with E-state index >= 15 is 0 Å². The molecular weight excluding hydrogens is 286 g/mol. The van der Waals surface area contributed by atoms with E-state index in [1.54, 1.807) is 18.4 Å². The molecular formula is C15H17N3O2S.